The van der Waals surface area contributed by atoms with Crippen molar-refractivity contribution in [1.29, 1.82) is 0 Å². The number of hydrogen-bond donors (Lipinski definition) is 2. The molecule has 1 aromatic rings. The van der Waals surface area contributed by atoms with E-state index in [0.717, 1.165) is 30.1 Å². The van der Waals surface area contributed by atoms with E-state index in [4.69, 9.17) is 22.9 Å². The summed E-state index contributed by atoms with van der Waals surface area (Å²) in [6.45, 7) is 2.24. The van der Waals surface area contributed by atoms with Gasteiger partial charge in [-0.15, -0.1) is 0 Å². The Morgan fingerprint density at radius 2 is 2.37 bits per heavy atom. The van der Waals surface area contributed by atoms with Crippen molar-refractivity contribution in [2.75, 3.05) is 5.32 Å². The number of fused-ring (bicyclic) bond motifs is 1. The zero-order chi connectivity index (χ0) is 13.4. The Morgan fingerprint density at radius 1 is 1.53 bits per heavy atom. The summed E-state index contributed by atoms with van der Waals surface area (Å²) in [6, 6.07) is 2.72. The van der Waals surface area contributed by atoms with Crippen LogP contribution in [0.4, 0.5) is 5.82 Å². The van der Waals surface area contributed by atoms with Crippen molar-refractivity contribution >= 4 is 23.0 Å². The number of nitrogens with zero attached hydrogens (tertiary/aromatic N) is 1. The summed E-state index contributed by atoms with van der Waals surface area (Å²) < 4.78 is 0. The topological polar surface area (TPSA) is 50.9 Å². The fraction of sp³-hybridized carbons (Fsp3) is 0.600. The number of rotatable bonds is 5. The lowest BCUT2D eigenvalue weighted by molar-refractivity contribution is 0.692. The maximum Gasteiger partial charge on any atom is 0.136 e. The second kappa shape index (κ2) is 5.08. The van der Waals surface area contributed by atoms with Crippen molar-refractivity contribution < 1.29 is 0 Å². The van der Waals surface area contributed by atoms with Crippen molar-refractivity contribution in [3.05, 3.63) is 22.9 Å². The molecular weight excluding hydrogens is 254 g/mol. The van der Waals surface area contributed by atoms with Gasteiger partial charge in [-0.3, -0.25) is 0 Å². The first kappa shape index (κ1) is 12.9. The maximum atomic E-state index is 5.85. The summed E-state index contributed by atoms with van der Waals surface area (Å²) in [5.41, 5.74) is 9.34. The molecule has 19 heavy (non-hydrogen) atoms. The third-order valence-corrected chi connectivity index (χ3v) is 4.44. The van der Waals surface area contributed by atoms with Crippen molar-refractivity contribution in [3.63, 3.8) is 0 Å². The minimum absolute atomic E-state index is 0.456. The van der Waals surface area contributed by atoms with Crippen LogP contribution in [-0.2, 0) is 12.8 Å². The minimum atomic E-state index is 0.456. The van der Waals surface area contributed by atoms with E-state index in [9.17, 15) is 0 Å². The van der Waals surface area contributed by atoms with E-state index >= 15 is 0 Å². The van der Waals surface area contributed by atoms with Crippen LogP contribution in [0.3, 0.4) is 0 Å². The monoisotopic (exact) mass is 275 g/mol. The first-order valence-corrected chi connectivity index (χ1v) is 7.69. The van der Waals surface area contributed by atoms with Crippen LogP contribution in [-0.4, -0.2) is 16.0 Å². The van der Waals surface area contributed by atoms with Crippen LogP contribution in [0.25, 0.3) is 0 Å². The third-order valence-electron chi connectivity index (χ3n) is 4.22. The van der Waals surface area contributed by atoms with Gasteiger partial charge in [0.25, 0.3) is 0 Å². The second-order valence-electron chi connectivity index (χ2n) is 5.74. The summed E-state index contributed by atoms with van der Waals surface area (Å²) in [6.07, 6.45) is 7.20. The molecule has 0 aromatic carbocycles. The van der Waals surface area contributed by atoms with E-state index in [1.165, 1.54) is 36.9 Å². The molecule has 102 valence electrons. The highest BCUT2D eigenvalue weighted by atomic mass is 32.1. The van der Waals surface area contributed by atoms with Crippen LogP contribution >= 0.6 is 12.2 Å². The van der Waals surface area contributed by atoms with Gasteiger partial charge in [-0.25, -0.2) is 4.98 Å². The van der Waals surface area contributed by atoms with Gasteiger partial charge in [0.2, 0.25) is 0 Å². The number of thiocarbonyl (C=S) groups is 1. The first-order valence-electron chi connectivity index (χ1n) is 7.28. The number of hydrogen-bond acceptors (Lipinski definition) is 3. The van der Waals surface area contributed by atoms with E-state index in [1.54, 1.807) is 0 Å². The third kappa shape index (κ3) is 2.59. The molecule has 1 fully saturated rings. The van der Waals surface area contributed by atoms with Crippen molar-refractivity contribution in [2.24, 2.45) is 11.7 Å². The number of aromatic nitrogens is 1. The Hall–Kier alpha value is -1.16. The molecule has 4 heteroatoms. The molecule has 0 spiro atoms. The summed E-state index contributed by atoms with van der Waals surface area (Å²) in [5.74, 6) is 1.72. The Labute approximate surface area is 120 Å². The molecule has 3 N–H and O–H groups in total. The van der Waals surface area contributed by atoms with Gasteiger partial charge in [-0.05, 0) is 49.7 Å². The van der Waals surface area contributed by atoms with Gasteiger partial charge in [-0.1, -0.05) is 25.6 Å². The molecule has 0 aliphatic heterocycles. The Balaban J connectivity index is 1.82. The lowest BCUT2D eigenvalue weighted by Gasteiger charge is -2.12. The van der Waals surface area contributed by atoms with Gasteiger partial charge >= 0.3 is 0 Å². The second-order valence-corrected chi connectivity index (χ2v) is 6.18. The van der Waals surface area contributed by atoms with Crippen LogP contribution < -0.4 is 11.1 Å². The molecule has 1 saturated carbocycles. The normalized spacial score (nSPS) is 24.1. The quantitative estimate of drug-likeness (QED) is 0.811. The molecule has 1 heterocycles. The van der Waals surface area contributed by atoms with Gasteiger partial charge in [0.1, 0.15) is 10.8 Å². The fourth-order valence-electron chi connectivity index (χ4n) is 3.06. The average molecular weight is 275 g/mol. The molecule has 1 aromatic heterocycles. The number of aryl methyl sites for hydroxylation is 2. The van der Waals surface area contributed by atoms with Crippen LogP contribution in [0.2, 0.25) is 0 Å². The molecule has 3 rings (SSSR count). The summed E-state index contributed by atoms with van der Waals surface area (Å²) in [4.78, 5) is 5.23. The predicted molar refractivity (Wildman–Crippen MR) is 82.6 cm³/mol. The minimum Gasteiger partial charge on any atom is -0.389 e. The van der Waals surface area contributed by atoms with Crippen LogP contribution in [0.15, 0.2) is 6.07 Å². The lowest BCUT2D eigenvalue weighted by atomic mass is 10.1. The van der Waals surface area contributed by atoms with E-state index in [2.05, 4.69) is 18.3 Å². The maximum absolute atomic E-state index is 5.85. The largest absolute Gasteiger partial charge is 0.389 e. The molecule has 2 aliphatic rings. The molecule has 0 amide bonds. The lowest BCUT2D eigenvalue weighted by Crippen LogP contribution is -2.17. The van der Waals surface area contributed by atoms with Gasteiger partial charge in [0.05, 0.1) is 5.56 Å². The van der Waals surface area contributed by atoms with E-state index in [0.29, 0.717) is 11.0 Å². The zero-order valence-electron chi connectivity index (χ0n) is 11.4. The van der Waals surface area contributed by atoms with Crippen LogP contribution in [0, 0.1) is 5.92 Å². The summed E-state index contributed by atoms with van der Waals surface area (Å²) in [7, 11) is 0. The van der Waals surface area contributed by atoms with E-state index in [1.807, 2.05) is 0 Å². The molecule has 2 aliphatic carbocycles. The zero-order valence-corrected chi connectivity index (χ0v) is 12.2. The molecule has 0 radical (unpaired) electrons. The van der Waals surface area contributed by atoms with Crippen molar-refractivity contribution in [2.45, 2.75) is 51.5 Å². The number of anilines is 1. The van der Waals surface area contributed by atoms with E-state index < -0.39 is 0 Å². The van der Waals surface area contributed by atoms with Crippen molar-refractivity contribution in [1.82, 2.24) is 4.98 Å². The van der Waals surface area contributed by atoms with Crippen molar-refractivity contribution in [3.8, 4) is 0 Å². The van der Waals surface area contributed by atoms with Gasteiger partial charge in [-0.2, -0.15) is 0 Å². The SMILES string of the molecule is CCCC1CC1Nc1nc2c(cc1C(N)=S)CCC2. The molecule has 2 unspecified atom stereocenters. The summed E-state index contributed by atoms with van der Waals surface area (Å²) in [5, 5.41) is 3.55. The Bertz CT molecular complexity index is 512. The number of nitrogens with one attached hydrogen (secondary N) is 1. The van der Waals surface area contributed by atoms with Gasteiger partial charge in [0, 0.05) is 11.7 Å². The Morgan fingerprint density at radius 3 is 3.11 bits per heavy atom. The fourth-order valence-corrected chi connectivity index (χ4v) is 3.22. The van der Waals surface area contributed by atoms with Gasteiger partial charge in [0.15, 0.2) is 0 Å². The highest BCUT2D eigenvalue weighted by Gasteiger charge is 2.36. The Kier molecular flexibility index (Phi) is 3.44. The first-order chi connectivity index (χ1) is 9.19. The summed E-state index contributed by atoms with van der Waals surface area (Å²) >= 11 is 5.17. The number of pyridine rings is 1. The molecular formula is C15H21N3S. The highest BCUT2D eigenvalue weighted by Crippen LogP contribution is 2.38. The predicted octanol–water partition coefficient (Wildman–Crippen LogP) is 2.81. The molecule has 0 saturated heterocycles. The highest BCUT2D eigenvalue weighted by molar-refractivity contribution is 7.80. The molecule has 3 nitrogen and oxygen atoms in total. The molecule has 0 bridgehead atoms. The van der Waals surface area contributed by atoms with Gasteiger partial charge < -0.3 is 11.1 Å². The smallest absolute Gasteiger partial charge is 0.136 e. The number of nitrogens with two attached hydrogens (primary N) is 1. The molecule has 2 atom stereocenters. The van der Waals surface area contributed by atoms with Crippen LogP contribution in [0.1, 0.15) is 49.4 Å². The van der Waals surface area contributed by atoms with Crippen LogP contribution in [0.5, 0.6) is 0 Å². The standard InChI is InChI=1S/C15H21N3S/c1-2-4-9-8-13(9)18-15-11(14(16)19)7-10-5-3-6-12(10)17-15/h7,9,13H,2-6,8H2,1H3,(H2,16,19)(H,17,18). The van der Waals surface area contributed by atoms with E-state index in [-0.39, 0.29) is 0 Å². The average Bonchev–Trinajstić information content (AvgIpc) is 2.93.